The Labute approximate surface area is 96.8 Å². The van der Waals surface area contributed by atoms with Crippen molar-refractivity contribution in [2.24, 2.45) is 5.92 Å². The van der Waals surface area contributed by atoms with Crippen LogP contribution in [0.1, 0.15) is 26.3 Å². The fraction of sp³-hybridized carbons (Fsp3) is 0.462. The number of nitrogens with one attached hydrogen (secondary N) is 1. The Morgan fingerprint density at radius 3 is 2.81 bits per heavy atom. The SMILES string of the molecule is CCOc1cccc(CNC(=O)C(C)C)c1. The van der Waals surface area contributed by atoms with Crippen molar-refractivity contribution in [1.29, 1.82) is 0 Å². The zero-order valence-corrected chi connectivity index (χ0v) is 10.1. The Morgan fingerprint density at radius 2 is 2.19 bits per heavy atom. The second-order valence-corrected chi connectivity index (χ2v) is 3.95. The molecule has 0 unspecified atom stereocenters. The Morgan fingerprint density at radius 1 is 1.44 bits per heavy atom. The van der Waals surface area contributed by atoms with Gasteiger partial charge < -0.3 is 10.1 Å². The van der Waals surface area contributed by atoms with E-state index in [1.807, 2.05) is 45.0 Å². The molecule has 0 aliphatic heterocycles. The third kappa shape index (κ3) is 3.93. The van der Waals surface area contributed by atoms with Crippen molar-refractivity contribution < 1.29 is 9.53 Å². The van der Waals surface area contributed by atoms with Gasteiger partial charge >= 0.3 is 0 Å². The highest BCUT2D eigenvalue weighted by atomic mass is 16.5. The first kappa shape index (κ1) is 12.6. The van der Waals surface area contributed by atoms with Crippen molar-refractivity contribution in [3.8, 4) is 5.75 Å². The summed E-state index contributed by atoms with van der Waals surface area (Å²) in [4.78, 5) is 11.4. The molecule has 0 aromatic heterocycles. The molecular weight excluding hydrogens is 202 g/mol. The van der Waals surface area contributed by atoms with E-state index in [1.54, 1.807) is 0 Å². The minimum Gasteiger partial charge on any atom is -0.494 e. The summed E-state index contributed by atoms with van der Waals surface area (Å²) in [7, 11) is 0. The fourth-order valence-corrected chi connectivity index (χ4v) is 1.31. The van der Waals surface area contributed by atoms with Gasteiger partial charge in [-0.3, -0.25) is 4.79 Å². The molecule has 0 spiro atoms. The first-order chi connectivity index (χ1) is 7.63. The van der Waals surface area contributed by atoms with E-state index in [1.165, 1.54) is 0 Å². The van der Waals surface area contributed by atoms with E-state index in [0.29, 0.717) is 13.2 Å². The van der Waals surface area contributed by atoms with Gasteiger partial charge in [-0.25, -0.2) is 0 Å². The van der Waals surface area contributed by atoms with Gasteiger partial charge in [0.25, 0.3) is 0 Å². The molecule has 1 aromatic carbocycles. The largest absolute Gasteiger partial charge is 0.494 e. The maximum Gasteiger partial charge on any atom is 0.222 e. The third-order valence-electron chi connectivity index (χ3n) is 2.20. The molecule has 0 aliphatic rings. The molecule has 0 bridgehead atoms. The highest BCUT2D eigenvalue weighted by molar-refractivity contribution is 5.77. The highest BCUT2D eigenvalue weighted by Gasteiger charge is 2.05. The van der Waals surface area contributed by atoms with Crippen LogP contribution in [0.4, 0.5) is 0 Å². The maximum absolute atomic E-state index is 11.4. The molecule has 1 rings (SSSR count). The molecule has 3 nitrogen and oxygen atoms in total. The van der Waals surface area contributed by atoms with Gasteiger partial charge in [-0.15, -0.1) is 0 Å². The average Bonchev–Trinajstić information content (AvgIpc) is 2.26. The number of hydrogen-bond donors (Lipinski definition) is 1. The summed E-state index contributed by atoms with van der Waals surface area (Å²) in [6.45, 7) is 6.92. The second-order valence-electron chi connectivity index (χ2n) is 3.95. The van der Waals surface area contributed by atoms with Gasteiger partial charge in [0.15, 0.2) is 0 Å². The molecule has 16 heavy (non-hydrogen) atoms. The summed E-state index contributed by atoms with van der Waals surface area (Å²) < 4.78 is 5.39. The molecule has 0 saturated heterocycles. The molecule has 0 radical (unpaired) electrons. The monoisotopic (exact) mass is 221 g/mol. The fourth-order valence-electron chi connectivity index (χ4n) is 1.31. The molecule has 0 saturated carbocycles. The van der Waals surface area contributed by atoms with Crippen molar-refractivity contribution >= 4 is 5.91 Å². The molecule has 0 aliphatic carbocycles. The summed E-state index contributed by atoms with van der Waals surface area (Å²) in [5.74, 6) is 0.940. The van der Waals surface area contributed by atoms with Gasteiger partial charge in [-0.05, 0) is 24.6 Å². The van der Waals surface area contributed by atoms with Crippen molar-refractivity contribution in [3.05, 3.63) is 29.8 Å². The average molecular weight is 221 g/mol. The van der Waals surface area contributed by atoms with Crippen molar-refractivity contribution in [3.63, 3.8) is 0 Å². The van der Waals surface area contributed by atoms with Gasteiger partial charge in [-0.1, -0.05) is 26.0 Å². The lowest BCUT2D eigenvalue weighted by atomic mass is 10.2. The number of carbonyl (C=O) groups excluding carboxylic acids is 1. The second kappa shape index (κ2) is 6.16. The molecule has 0 atom stereocenters. The number of amides is 1. The Bertz CT molecular complexity index is 348. The van der Waals surface area contributed by atoms with E-state index in [4.69, 9.17) is 4.74 Å². The molecule has 3 heteroatoms. The number of rotatable bonds is 5. The van der Waals surface area contributed by atoms with Crippen molar-refractivity contribution in [2.75, 3.05) is 6.61 Å². The van der Waals surface area contributed by atoms with Gasteiger partial charge in [0, 0.05) is 12.5 Å². The lowest BCUT2D eigenvalue weighted by molar-refractivity contribution is -0.124. The standard InChI is InChI=1S/C13H19NO2/c1-4-16-12-7-5-6-11(8-12)9-14-13(15)10(2)3/h5-8,10H,4,9H2,1-3H3,(H,14,15). The van der Waals surface area contributed by atoms with Crippen LogP contribution < -0.4 is 10.1 Å². The quantitative estimate of drug-likeness (QED) is 0.829. The van der Waals surface area contributed by atoms with E-state index in [2.05, 4.69) is 5.32 Å². The lowest BCUT2D eigenvalue weighted by Gasteiger charge is -2.09. The van der Waals surface area contributed by atoms with E-state index < -0.39 is 0 Å². The minimum atomic E-state index is 0.0232. The van der Waals surface area contributed by atoms with Crippen LogP contribution in [0.25, 0.3) is 0 Å². The van der Waals surface area contributed by atoms with Crippen LogP contribution in [0.3, 0.4) is 0 Å². The molecule has 0 fully saturated rings. The summed E-state index contributed by atoms with van der Waals surface area (Å²) in [6.07, 6.45) is 0. The lowest BCUT2D eigenvalue weighted by Crippen LogP contribution is -2.27. The van der Waals surface area contributed by atoms with Crippen molar-refractivity contribution in [1.82, 2.24) is 5.32 Å². The molecule has 0 heterocycles. The van der Waals surface area contributed by atoms with Crippen LogP contribution in [0.2, 0.25) is 0 Å². The van der Waals surface area contributed by atoms with E-state index in [-0.39, 0.29) is 11.8 Å². The van der Waals surface area contributed by atoms with Gasteiger partial charge in [0.1, 0.15) is 5.75 Å². The summed E-state index contributed by atoms with van der Waals surface area (Å²) in [5.41, 5.74) is 1.06. The number of benzene rings is 1. The molecule has 1 aromatic rings. The first-order valence-electron chi connectivity index (χ1n) is 5.63. The molecular formula is C13H19NO2. The molecule has 1 N–H and O–H groups in total. The normalized spacial score (nSPS) is 10.2. The highest BCUT2D eigenvalue weighted by Crippen LogP contribution is 2.13. The number of carbonyl (C=O) groups is 1. The smallest absolute Gasteiger partial charge is 0.222 e. The van der Waals surface area contributed by atoms with Crippen LogP contribution >= 0.6 is 0 Å². The van der Waals surface area contributed by atoms with Crippen molar-refractivity contribution in [2.45, 2.75) is 27.3 Å². The predicted molar refractivity (Wildman–Crippen MR) is 64.3 cm³/mol. The summed E-state index contributed by atoms with van der Waals surface area (Å²) in [6, 6.07) is 7.77. The first-order valence-corrected chi connectivity index (χ1v) is 5.63. The van der Waals surface area contributed by atoms with Crippen LogP contribution in [-0.4, -0.2) is 12.5 Å². The minimum absolute atomic E-state index is 0.0232. The van der Waals surface area contributed by atoms with Crippen LogP contribution in [-0.2, 0) is 11.3 Å². The van der Waals surface area contributed by atoms with E-state index in [0.717, 1.165) is 11.3 Å². The topological polar surface area (TPSA) is 38.3 Å². The maximum atomic E-state index is 11.4. The molecule has 88 valence electrons. The Hall–Kier alpha value is -1.51. The number of hydrogen-bond acceptors (Lipinski definition) is 2. The van der Waals surface area contributed by atoms with Gasteiger partial charge in [0.05, 0.1) is 6.61 Å². The Kier molecular flexibility index (Phi) is 4.83. The van der Waals surface area contributed by atoms with Crippen LogP contribution in [0.15, 0.2) is 24.3 Å². The van der Waals surface area contributed by atoms with E-state index in [9.17, 15) is 4.79 Å². The summed E-state index contributed by atoms with van der Waals surface area (Å²) in [5, 5.41) is 2.87. The number of ether oxygens (including phenoxy) is 1. The Balaban J connectivity index is 2.53. The molecule has 1 amide bonds. The van der Waals surface area contributed by atoms with Crippen LogP contribution in [0.5, 0.6) is 5.75 Å². The third-order valence-corrected chi connectivity index (χ3v) is 2.20. The van der Waals surface area contributed by atoms with Gasteiger partial charge in [0.2, 0.25) is 5.91 Å². The zero-order valence-electron chi connectivity index (χ0n) is 10.1. The zero-order chi connectivity index (χ0) is 12.0. The van der Waals surface area contributed by atoms with Crippen LogP contribution in [0, 0.1) is 5.92 Å². The summed E-state index contributed by atoms with van der Waals surface area (Å²) >= 11 is 0. The predicted octanol–water partition coefficient (Wildman–Crippen LogP) is 2.36. The van der Waals surface area contributed by atoms with Gasteiger partial charge in [-0.2, -0.15) is 0 Å². The van der Waals surface area contributed by atoms with E-state index >= 15 is 0 Å².